The molecule has 0 aromatic rings. The van der Waals surface area contributed by atoms with E-state index in [0.29, 0.717) is 0 Å². The predicted octanol–water partition coefficient (Wildman–Crippen LogP) is -0.746. The first-order valence-electron chi connectivity index (χ1n) is 6.66. The molecule has 0 radical (unpaired) electrons. The molecule has 0 N–H and O–H groups in total. The normalized spacial score (nSPS) is 12.2. The van der Waals surface area contributed by atoms with Crippen LogP contribution in [0, 0.1) is 0 Å². The Morgan fingerprint density at radius 2 is 1.43 bits per heavy atom. The molecule has 0 aromatic carbocycles. The Hall–Kier alpha value is 0.0900. The van der Waals surface area contributed by atoms with Crippen LogP contribution in [0.2, 0.25) is 0 Å². The quantitative estimate of drug-likeness (QED) is 0.295. The van der Waals surface area contributed by atoms with Gasteiger partial charge in [-0.2, -0.15) is 0 Å². The van der Waals surface area contributed by atoms with Crippen LogP contribution < -0.4 is 29.6 Å². The molecule has 0 aliphatic carbocycles. The molecular formula is C12H24NaO7P. The Morgan fingerprint density at radius 1 is 0.952 bits per heavy atom. The van der Waals surface area contributed by atoms with E-state index in [9.17, 15) is 14.2 Å². The van der Waals surface area contributed by atoms with Crippen molar-refractivity contribution in [2.75, 3.05) is 26.4 Å². The molecule has 21 heavy (non-hydrogen) atoms. The molecule has 0 heterocycles. The second kappa shape index (κ2) is 12.6. The van der Waals surface area contributed by atoms with Crippen LogP contribution in [-0.2, 0) is 32.7 Å². The number of carbonyl (C=O) groups excluding carboxylic acids is 2. The summed E-state index contributed by atoms with van der Waals surface area (Å²) >= 11 is 0. The zero-order chi connectivity index (χ0) is 15.6. The van der Waals surface area contributed by atoms with Crippen molar-refractivity contribution in [1.82, 2.24) is 0 Å². The van der Waals surface area contributed by atoms with Gasteiger partial charge < -0.3 is 19.9 Å². The topological polar surface area (TPSA) is 88.1 Å². The molecule has 0 rings (SSSR count). The third kappa shape index (κ3) is 8.33. The minimum atomic E-state index is -3.77. The van der Waals surface area contributed by atoms with Crippen molar-refractivity contribution in [3.63, 3.8) is 0 Å². The van der Waals surface area contributed by atoms with E-state index in [1.807, 2.05) is 0 Å². The Kier molecular flexibility index (Phi) is 14.0. The molecule has 0 aromatic heterocycles. The molecule has 0 aliphatic heterocycles. The molecule has 0 aliphatic rings. The summed E-state index contributed by atoms with van der Waals surface area (Å²) in [5.41, 5.74) is -1.30. The number of rotatable bonds is 10. The fourth-order valence-corrected chi connectivity index (χ4v) is 3.38. The van der Waals surface area contributed by atoms with E-state index in [0.717, 1.165) is 0 Å². The first-order valence-corrected chi connectivity index (χ1v) is 8.27. The van der Waals surface area contributed by atoms with Gasteiger partial charge in [0.2, 0.25) is 0 Å². The van der Waals surface area contributed by atoms with E-state index < -0.39 is 31.6 Å². The number of esters is 2. The summed E-state index contributed by atoms with van der Waals surface area (Å²) in [4.78, 5) is 23.5. The summed E-state index contributed by atoms with van der Waals surface area (Å²) in [5.74, 6) is -1.43. The minimum Gasteiger partial charge on any atom is -1.00 e. The molecule has 0 bridgehead atoms. The van der Waals surface area contributed by atoms with Gasteiger partial charge in [-0.3, -0.25) is 14.2 Å². The molecule has 7 nitrogen and oxygen atoms in total. The second-order valence-corrected chi connectivity index (χ2v) is 5.87. The number of carbonyl (C=O) groups is 2. The molecule has 0 fully saturated rings. The molecule has 120 valence electrons. The average Bonchev–Trinajstić information content (AvgIpc) is 2.37. The van der Waals surface area contributed by atoms with Gasteiger partial charge in [0.1, 0.15) is 0 Å². The van der Waals surface area contributed by atoms with Crippen LogP contribution in [-0.4, -0.2) is 44.0 Å². The van der Waals surface area contributed by atoms with E-state index >= 15 is 0 Å². The van der Waals surface area contributed by atoms with Crippen LogP contribution in [0.3, 0.4) is 0 Å². The summed E-state index contributed by atoms with van der Waals surface area (Å²) < 4.78 is 32.4. The zero-order valence-corrected chi connectivity index (χ0v) is 16.3. The van der Waals surface area contributed by atoms with Crippen molar-refractivity contribution in [1.29, 1.82) is 0 Å². The summed E-state index contributed by atoms with van der Waals surface area (Å²) in [7, 11) is -3.77. The largest absolute Gasteiger partial charge is 1.00 e. The Balaban J connectivity index is -0.00000180. The maximum absolute atomic E-state index is 12.6. The van der Waals surface area contributed by atoms with Gasteiger partial charge in [0.05, 0.1) is 32.8 Å². The first-order chi connectivity index (χ1) is 9.45. The van der Waals surface area contributed by atoms with Gasteiger partial charge in [0.15, 0.2) is 5.66 Å². The molecule has 1 unspecified atom stereocenters. The summed E-state index contributed by atoms with van der Waals surface area (Å²) in [6.07, 6.45) is -0.399. The number of hydrogen-bond acceptors (Lipinski definition) is 7. The van der Waals surface area contributed by atoms with Gasteiger partial charge >= 0.3 is 49.1 Å². The summed E-state index contributed by atoms with van der Waals surface area (Å²) in [6.45, 7) is 6.97. The van der Waals surface area contributed by atoms with Crippen LogP contribution in [0.25, 0.3) is 0 Å². The van der Waals surface area contributed by atoms with E-state index in [4.69, 9.17) is 18.5 Å². The van der Waals surface area contributed by atoms with Gasteiger partial charge in [-0.15, -0.1) is 0 Å². The maximum atomic E-state index is 12.6. The van der Waals surface area contributed by atoms with Crippen LogP contribution in [0.15, 0.2) is 0 Å². The van der Waals surface area contributed by atoms with E-state index in [1.165, 1.54) is 0 Å². The average molecular weight is 334 g/mol. The molecular weight excluding hydrogens is 310 g/mol. The van der Waals surface area contributed by atoms with E-state index in [1.54, 1.807) is 27.7 Å². The van der Waals surface area contributed by atoms with E-state index in [-0.39, 0.29) is 57.4 Å². The van der Waals surface area contributed by atoms with Crippen molar-refractivity contribution in [3.8, 4) is 0 Å². The fraction of sp³-hybridized carbons (Fsp3) is 0.833. The van der Waals surface area contributed by atoms with Gasteiger partial charge in [0, 0.05) is 0 Å². The summed E-state index contributed by atoms with van der Waals surface area (Å²) in [6, 6.07) is 0. The molecule has 0 spiro atoms. The van der Waals surface area contributed by atoms with Crippen molar-refractivity contribution >= 4 is 19.5 Å². The number of ether oxygens (including phenoxy) is 2. The van der Waals surface area contributed by atoms with Crippen LogP contribution >= 0.6 is 7.60 Å². The Labute approximate surface area is 149 Å². The Bertz CT molecular complexity index is 357. The molecule has 0 saturated heterocycles. The fourth-order valence-electron chi connectivity index (χ4n) is 1.52. The smallest absolute Gasteiger partial charge is 1.00 e. The molecule has 0 amide bonds. The van der Waals surface area contributed by atoms with Crippen LogP contribution in [0.1, 0.15) is 35.5 Å². The second-order valence-electron chi connectivity index (χ2n) is 3.65. The van der Waals surface area contributed by atoms with Crippen molar-refractivity contribution < 1.29 is 63.7 Å². The summed E-state index contributed by atoms with van der Waals surface area (Å²) in [5, 5.41) is 0. The standard InChI is InChI=1S/C12H23O7P.Na.H/c1-5-16-11(13)9-10(12(14)17-6-2)20(15,18-7-3)19-8-4;;/h10H,5-9H2,1-4H3;;/q;+1;-1. The maximum Gasteiger partial charge on any atom is 1.00 e. The van der Waals surface area contributed by atoms with E-state index in [2.05, 4.69) is 0 Å². The first kappa shape index (κ1) is 23.4. The van der Waals surface area contributed by atoms with Crippen molar-refractivity contribution in [3.05, 3.63) is 0 Å². The molecule has 0 saturated carbocycles. The van der Waals surface area contributed by atoms with Crippen molar-refractivity contribution in [2.45, 2.75) is 39.8 Å². The third-order valence-electron chi connectivity index (χ3n) is 2.22. The van der Waals surface area contributed by atoms with Crippen LogP contribution in [0.4, 0.5) is 0 Å². The third-order valence-corrected chi connectivity index (χ3v) is 4.62. The van der Waals surface area contributed by atoms with Crippen molar-refractivity contribution in [2.24, 2.45) is 0 Å². The zero-order valence-electron chi connectivity index (χ0n) is 14.4. The van der Waals surface area contributed by atoms with Gasteiger partial charge in [-0.25, -0.2) is 0 Å². The molecule has 9 heteroatoms. The Morgan fingerprint density at radius 3 is 1.81 bits per heavy atom. The predicted molar refractivity (Wildman–Crippen MR) is 73.6 cm³/mol. The minimum absolute atomic E-state index is 0. The van der Waals surface area contributed by atoms with Crippen LogP contribution in [0.5, 0.6) is 0 Å². The molecule has 1 atom stereocenters. The monoisotopic (exact) mass is 334 g/mol. The number of hydrogen-bond donors (Lipinski definition) is 0. The SMILES string of the molecule is CCOC(=O)CC(C(=O)OCC)P(=O)(OCC)OCC.[H-].[Na+]. The van der Waals surface area contributed by atoms with Gasteiger partial charge in [-0.05, 0) is 27.7 Å². The van der Waals surface area contributed by atoms with Gasteiger partial charge in [-0.1, -0.05) is 0 Å². The van der Waals surface area contributed by atoms with Gasteiger partial charge in [0.25, 0.3) is 0 Å².